The van der Waals surface area contributed by atoms with E-state index < -0.39 is 5.60 Å². The molecule has 2 atom stereocenters. The SMILES string of the molecule is OC1(c2cnn3cccnc23)CC2CCCC(C1)N2. The van der Waals surface area contributed by atoms with Crippen molar-refractivity contribution in [2.75, 3.05) is 0 Å². The molecular weight excluding hydrogens is 240 g/mol. The first-order chi connectivity index (χ1) is 9.24. The molecule has 100 valence electrons. The van der Waals surface area contributed by atoms with Crippen molar-refractivity contribution in [3.8, 4) is 0 Å². The lowest BCUT2D eigenvalue weighted by Crippen LogP contribution is -2.54. The Morgan fingerprint density at radius 2 is 2.11 bits per heavy atom. The van der Waals surface area contributed by atoms with Crippen molar-refractivity contribution in [2.45, 2.75) is 49.8 Å². The van der Waals surface area contributed by atoms with E-state index in [0.29, 0.717) is 12.1 Å². The number of nitrogens with zero attached hydrogens (tertiary/aromatic N) is 3. The normalized spacial score (nSPS) is 34.6. The van der Waals surface area contributed by atoms with Crippen LogP contribution in [0.2, 0.25) is 0 Å². The predicted octanol–water partition coefficient (Wildman–Crippen LogP) is 1.22. The van der Waals surface area contributed by atoms with Gasteiger partial charge < -0.3 is 10.4 Å². The number of nitrogens with one attached hydrogen (secondary N) is 1. The number of piperidine rings is 2. The lowest BCUT2D eigenvalue weighted by Gasteiger charge is -2.44. The van der Waals surface area contributed by atoms with Crippen molar-refractivity contribution in [2.24, 2.45) is 0 Å². The number of hydrogen-bond donors (Lipinski definition) is 2. The van der Waals surface area contributed by atoms with Crippen LogP contribution in [0, 0.1) is 0 Å². The van der Waals surface area contributed by atoms with Crippen LogP contribution in [0.3, 0.4) is 0 Å². The number of fused-ring (bicyclic) bond motifs is 3. The van der Waals surface area contributed by atoms with Gasteiger partial charge in [0.2, 0.25) is 0 Å². The molecule has 0 saturated carbocycles. The average Bonchev–Trinajstić information content (AvgIpc) is 2.82. The number of aliphatic hydroxyl groups is 1. The Morgan fingerprint density at radius 1 is 1.32 bits per heavy atom. The maximum atomic E-state index is 11.1. The van der Waals surface area contributed by atoms with E-state index in [1.807, 2.05) is 12.3 Å². The third-order valence-corrected chi connectivity index (χ3v) is 4.53. The number of aromatic nitrogens is 3. The minimum Gasteiger partial charge on any atom is -0.385 e. The Hall–Kier alpha value is -1.46. The van der Waals surface area contributed by atoms with Gasteiger partial charge in [-0.25, -0.2) is 9.50 Å². The van der Waals surface area contributed by atoms with E-state index in [1.165, 1.54) is 6.42 Å². The molecule has 4 rings (SSSR count). The van der Waals surface area contributed by atoms with Gasteiger partial charge in [-0.15, -0.1) is 0 Å². The third-order valence-electron chi connectivity index (χ3n) is 4.53. The molecule has 0 amide bonds. The van der Waals surface area contributed by atoms with Gasteiger partial charge in [-0.2, -0.15) is 5.10 Å². The monoisotopic (exact) mass is 258 g/mol. The summed E-state index contributed by atoms with van der Waals surface area (Å²) < 4.78 is 1.74. The highest BCUT2D eigenvalue weighted by molar-refractivity contribution is 5.49. The molecule has 19 heavy (non-hydrogen) atoms. The minimum absolute atomic E-state index is 0.427. The molecular formula is C14H18N4O. The molecule has 0 aliphatic carbocycles. The lowest BCUT2D eigenvalue weighted by molar-refractivity contribution is -0.0348. The smallest absolute Gasteiger partial charge is 0.160 e. The van der Waals surface area contributed by atoms with Crippen LogP contribution in [0.1, 0.15) is 37.7 Å². The molecule has 0 spiro atoms. The van der Waals surface area contributed by atoms with Crippen LogP contribution in [0.4, 0.5) is 0 Å². The van der Waals surface area contributed by atoms with Crippen molar-refractivity contribution in [1.29, 1.82) is 0 Å². The Kier molecular flexibility index (Phi) is 2.40. The fourth-order valence-corrected chi connectivity index (χ4v) is 3.71. The molecule has 0 aromatic carbocycles. The Morgan fingerprint density at radius 3 is 2.89 bits per heavy atom. The van der Waals surface area contributed by atoms with Crippen molar-refractivity contribution in [3.05, 3.63) is 30.2 Å². The molecule has 5 heteroatoms. The fourth-order valence-electron chi connectivity index (χ4n) is 3.71. The summed E-state index contributed by atoms with van der Waals surface area (Å²) in [5.74, 6) is 0. The second kappa shape index (κ2) is 4.02. The zero-order chi connectivity index (χ0) is 12.9. The molecule has 5 nitrogen and oxygen atoms in total. The summed E-state index contributed by atoms with van der Waals surface area (Å²) in [4.78, 5) is 4.38. The zero-order valence-corrected chi connectivity index (χ0v) is 10.8. The van der Waals surface area contributed by atoms with Crippen LogP contribution in [-0.4, -0.2) is 31.8 Å². The van der Waals surface area contributed by atoms with Gasteiger partial charge in [0.1, 0.15) is 0 Å². The first kappa shape index (κ1) is 11.4. The van der Waals surface area contributed by atoms with Crippen molar-refractivity contribution in [3.63, 3.8) is 0 Å². The molecule has 2 aromatic heterocycles. The van der Waals surface area contributed by atoms with Crippen LogP contribution < -0.4 is 5.32 Å². The summed E-state index contributed by atoms with van der Waals surface area (Å²) in [7, 11) is 0. The molecule has 2 bridgehead atoms. The maximum absolute atomic E-state index is 11.1. The van der Waals surface area contributed by atoms with Crippen molar-refractivity contribution < 1.29 is 5.11 Å². The van der Waals surface area contributed by atoms with E-state index in [9.17, 15) is 5.11 Å². The van der Waals surface area contributed by atoms with Crippen molar-refractivity contribution >= 4 is 5.65 Å². The molecule has 2 aliphatic heterocycles. The van der Waals surface area contributed by atoms with Crippen molar-refractivity contribution in [1.82, 2.24) is 19.9 Å². The van der Waals surface area contributed by atoms with Gasteiger partial charge in [0, 0.05) is 30.0 Å². The summed E-state index contributed by atoms with van der Waals surface area (Å²) in [6.07, 6.45) is 10.5. The highest BCUT2D eigenvalue weighted by atomic mass is 16.3. The quantitative estimate of drug-likeness (QED) is 0.807. The third kappa shape index (κ3) is 1.76. The molecule has 2 aromatic rings. The van der Waals surface area contributed by atoms with Crippen LogP contribution in [0.15, 0.2) is 24.7 Å². The van der Waals surface area contributed by atoms with E-state index in [-0.39, 0.29) is 0 Å². The van der Waals surface area contributed by atoms with Gasteiger partial charge in [-0.3, -0.25) is 0 Å². The van der Waals surface area contributed by atoms with Gasteiger partial charge in [0.15, 0.2) is 5.65 Å². The summed E-state index contributed by atoms with van der Waals surface area (Å²) in [5.41, 5.74) is 0.883. The Bertz CT molecular complexity index is 596. The fraction of sp³-hybridized carbons (Fsp3) is 0.571. The standard InChI is InChI=1S/C14H18N4O/c19-14(7-10-3-1-4-11(8-14)17-10)12-9-16-18-6-2-5-15-13(12)18/h2,5-6,9-11,17,19H,1,3-4,7-8H2. The van der Waals surface area contributed by atoms with E-state index >= 15 is 0 Å². The van der Waals surface area contributed by atoms with E-state index in [1.54, 1.807) is 16.9 Å². The molecule has 2 aliphatic rings. The van der Waals surface area contributed by atoms with Gasteiger partial charge in [-0.1, -0.05) is 6.42 Å². The summed E-state index contributed by atoms with van der Waals surface area (Å²) >= 11 is 0. The molecule has 2 unspecified atom stereocenters. The molecule has 4 heterocycles. The summed E-state index contributed by atoms with van der Waals surface area (Å²) in [6, 6.07) is 2.71. The second-order valence-corrected chi connectivity index (χ2v) is 5.88. The first-order valence-electron chi connectivity index (χ1n) is 7.02. The van der Waals surface area contributed by atoms with Crippen LogP contribution in [0.25, 0.3) is 5.65 Å². The topological polar surface area (TPSA) is 62.5 Å². The maximum Gasteiger partial charge on any atom is 0.160 e. The van der Waals surface area contributed by atoms with Crippen LogP contribution in [-0.2, 0) is 5.60 Å². The minimum atomic E-state index is -0.781. The average molecular weight is 258 g/mol. The summed E-state index contributed by atoms with van der Waals surface area (Å²) in [5, 5.41) is 19.0. The van der Waals surface area contributed by atoms with Gasteiger partial charge in [-0.05, 0) is 31.7 Å². The Labute approximate surface area is 111 Å². The largest absolute Gasteiger partial charge is 0.385 e. The van der Waals surface area contributed by atoms with E-state index in [4.69, 9.17) is 0 Å². The second-order valence-electron chi connectivity index (χ2n) is 5.88. The lowest BCUT2D eigenvalue weighted by atomic mass is 9.74. The van der Waals surface area contributed by atoms with E-state index in [0.717, 1.165) is 36.9 Å². The van der Waals surface area contributed by atoms with Gasteiger partial charge in [0.05, 0.1) is 11.8 Å². The zero-order valence-electron chi connectivity index (χ0n) is 10.8. The molecule has 0 radical (unpaired) electrons. The molecule has 2 saturated heterocycles. The Balaban J connectivity index is 1.78. The predicted molar refractivity (Wildman–Crippen MR) is 70.7 cm³/mol. The molecule has 2 N–H and O–H groups in total. The molecule has 2 fully saturated rings. The number of rotatable bonds is 1. The van der Waals surface area contributed by atoms with Gasteiger partial charge >= 0.3 is 0 Å². The van der Waals surface area contributed by atoms with E-state index in [2.05, 4.69) is 15.4 Å². The number of hydrogen-bond acceptors (Lipinski definition) is 4. The van der Waals surface area contributed by atoms with Crippen LogP contribution >= 0.6 is 0 Å². The highest BCUT2D eigenvalue weighted by Gasteiger charge is 2.43. The van der Waals surface area contributed by atoms with Crippen LogP contribution in [0.5, 0.6) is 0 Å². The summed E-state index contributed by atoms with van der Waals surface area (Å²) in [6.45, 7) is 0. The first-order valence-corrected chi connectivity index (χ1v) is 7.02. The highest BCUT2D eigenvalue weighted by Crippen LogP contribution is 2.40. The van der Waals surface area contributed by atoms with Gasteiger partial charge in [0.25, 0.3) is 0 Å².